The van der Waals surface area contributed by atoms with E-state index in [9.17, 15) is 13.6 Å². The molecule has 0 unspecified atom stereocenters. The summed E-state index contributed by atoms with van der Waals surface area (Å²) in [7, 11) is 1.21. The standard InChI is InChI=1S/C20H19F2N3O2/c1-27-20(26)16-4-2-15(11-17(16)21)13-24-6-8-25(9-7-24)19-5-3-14(12-23)10-18(19)22/h2-5,10-11H,6-9,13H2,1H3. The van der Waals surface area contributed by atoms with Gasteiger partial charge in [-0.2, -0.15) is 5.26 Å². The van der Waals surface area contributed by atoms with Gasteiger partial charge in [0.1, 0.15) is 11.6 Å². The zero-order valence-electron chi connectivity index (χ0n) is 14.9. The van der Waals surface area contributed by atoms with E-state index in [2.05, 4.69) is 9.64 Å². The Hall–Kier alpha value is -2.98. The molecule has 0 amide bonds. The third-order valence-electron chi connectivity index (χ3n) is 4.63. The number of carbonyl (C=O) groups is 1. The molecule has 1 fully saturated rings. The molecule has 27 heavy (non-hydrogen) atoms. The Morgan fingerprint density at radius 1 is 1.11 bits per heavy atom. The molecule has 2 aromatic rings. The molecule has 140 valence electrons. The lowest BCUT2D eigenvalue weighted by Gasteiger charge is -2.36. The molecule has 7 heteroatoms. The van der Waals surface area contributed by atoms with Crippen LogP contribution in [-0.2, 0) is 11.3 Å². The van der Waals surface area contributed by atoms with Crippen molar-refractivity contribution in [1.29, 1.82) is 5.26 Å². The third kappa shape index (κ3) is 4.23. The zero-order valence-corrected chi connectivity index (χ0v) is 14.9. The Morgan fingerprint density at radius 2 is 1.85 bits per heavy atom. The summed E-state index contributed by atoms with van der Waals surface area (Å²) in [6.45, 7) is 3.19. The number of piperazine rings is 1. The summed E-state index contributed by atoms with van der Waals surface area (Å²) in [5.41, 5.74) is 1.47. The number of carbonyl (C=O) groups excluding carboxylic acids is 1. The summed E-state index contributed by atoms with van der Waals surface area (Å²) in [6.07, 6.45) is 0. The predicted octanol–water partition coefficient (Wildman–Crippen LogP) is 2.95. The maximum Gasteiger partial charge on any atom is 0.340 e. The molecule has 1 aliphatic rings. The Labute approximate surface area is 156 Å². The van der Waals surface area contributed by atoms with E-state index in [1.807, 2.05) is 11.0 Å². The van der Waals surface area contributed by atoms with Crippen molar-refractivity contribution < 1.29 is 18.3 Å². The monoisotopic (exact) mass is 371 g/mol. The largest absolute Gasteiger partial charge is 0.465 e. The van der Waals surface area contributed by atoms with Crippen molar-refractivity contribution in [2.45, 2.75) is 6.54 Å². The number of methoxy groups -OCH3 is 1. The van der Waals surface area contributed by atoms with E-state index in [4.69, 9.17) is 5.26 Å². The number of rotatable bonds is 4. The number of hydrogen-bond donors (Lipinski definition) is 0. The number of anilines is 1. The summed E-state index contributed by atoms with van der Waals surface area (Å²) in [4.78, 5) is 15.5. The Kier molecular flexibility index (Phi) is 5.67. The SMILES string of the molecule is COC(=O)c1ccc(CN2CCN(c3ccc(C#N)cc3F)CC2)cc1F. The molecular weight excluding hydrogens is 352 g/mol. The van der Waals surface area contributed by atoms with Gasteiger partial charge in [-0.15, -0.1) is 0 Å². The smallest absolute Gasteiger partial charge is 0.340 e. The number of halogens is 2. The minimum Gasteiger partial charge on any atom is -0.465 e. The molecule has 1 aliphatic heterocycles. The van der Waals surface area contributed by atoms with Crippen molar-refractivity contribution in [3.8, 4) is 6.07 Å². The van der Waals surface area contributed by atoms with Gasteiger partial charge in [0, 0.05) is 32.7 Å². The maximum absolute atomic E-state index is 14.2. The first-order chi connectivity index (χ1) is 13.0. The minimum atomic E-state index is -0.697. The fraction of sp³-hybridized carbons (Fsp3) is 0.300. The quantitative estimate of drug-likeness (QED) is 0.774. The topological polar surface area (TPSA) is 56.6 Å². The van der Waals surface area contributed by atoms with Crippen LogP contribution in [0.25, 0.3) is 0 Å². The number of ether oxygens (including phenoxy) is 1. The number of esters is 1. The van der Waals surface area contributed by atoms with Crippen LogP contribution in [-0.4, -0.2) is 44.2 Å². The van der Waals surface area contributed by atoms with Gasteiger partial charge in [0.2, 0.25) is 0 Å². The van der Waals surface area contributed by atoms with Gasteiger partial charge >= 0.3 is 5.97 Å². The summed E-state index contributed by atoms with van der Waals surface area (Å²) in [5, 5.41) is 8.83. The van der Waals surface area contributed by atoms with Crippen LogP contribution in [0.1, 0.15) is 21.5 Å². The fourth-order valence-electron chi connectivity index (χ4n) is 3.17. The highest BCUT2D eigenvalue weighted by molar-refractivity contribution is 5.89. The summed E-state index contributed by atoms with van der Waals surface area (Å²) >= 11 is 0. The molecule has 0 atom stereocenters. The molecular formula is C20H19F2N3O2. The van der Waals surface area contributed by atoms with Crippen LogP contribution in [0.4, 0.5) is 14.5 Å². The van der Waals surface area contributed by atoms with Gasteiger partial charge in [-0.25, -0.2) is 13.6 Å². The van der Waals surface area contributed by atoms with Crippen molar-refractivity contribution in [1.82, 2.24) is 4.90 Å². The lowest BCUT2D eigenvalue weighted by molar-refractivity contribution is 0.0595. The molecule has 0 spiro atoms. The highest BCUT2D eigenvalue weighted by Crippen LogP contribution is 2.22. The average molecular weight is 371 g/mol. The molecule has 0 N–H and O–H groups in total. The first kappa shape index (κ1) is 18.8. The Balaban J connectivity index is 1.61. The van der Waals surface area contributed by atoms with E-state index in [-0.39, 0.29) is 5.56 Å². The van der Waals surface area contributed by atoms with Crippen LogP contribution in [0.3, 0.4) is 0 Å². The van der Waals surface area contributed by atoms with Gasteiger partial charge in [-0.05, 0) is 35.9 Å². The molecule has 0 aromatic heterocycles. The summed E-state index contributed by atoms with van der Waals surface area (Å²) < 4.78 is 32.7. The van der Waals surface area contributed by atoms with Crippen molar-refractivity contribution >= 4 is 11.7 Å². The third-order valence-corrected chi connectivity index (χ3v) is 4.63. The molecule has 5 nitrogen and oxygen atoms in total. The highest BCUT2D eigenvalue weighted by atomic mass is 19.1. The van der Waals surface area contributed by atoms with Crippen molar-refractivity contribution in [2.24, 2.45) is 0 Å². The van der Waals surface area contributed by atoms with Gasteiger partial charge in [0.15, 0.2) is 0 Å². The second-order valence-corrected chi connectivity index (χ2v) is 6.35. The highest BCUT2D eigenvalue weighted by Gasteiger charge is 2.20. The van der Waals surface area contributed by atoms with Crippen molar-refractivity contribution in [2.75, 3.05) is 38.2 Å². The van der Waals surface area contributed by atoms with Crippen molar-refractivity contribution in [3.05, 3.63) is 64.7 Å². The van der Waals surface area contributed by atoms with E-state index < -0.39 is 17.6 Å². The molecule has 3 rings (SSSR count). The minimum absolute atomic E-state index is 0.0811. The normalized spacial score (nSPS) is 14.7. The van der Waals surface area contributed by atoms with Crippen LogP contribution in [0, 0.1) is 23.0 Å². The van der Waals surface area contributed by atoms with E-state index in [0.29, 0.717) is 44.0 Å². The number of hydrogen-bond acceptors (Lipinski definition) is 5. The van der Waals surface area contributed by atoms with Gasteiger partial charge in [-0.3, -0.25) is 4.90 Å². The average Bonchev–Trinajstić information content (AvgIpc) is 2.68. The number of benzene rings is 2. The fourth-order valence-corrected chi connectivity index (χ4v) is 3.17. The first-order valence-electron chi connectivity index (χ1n) is 8.55. The van der Waals surface area contributed by atoms with E-state index in [1.165, 1.54) is 25.3 Å². The zero-order chi connectivity index (χ0) is 19.4. The molecule has 2 aromatic carbocycles. The van der Waals surface area contributed by atoms with E-state index in [0.717, 1.165) is 5.56 Å². The van der Waals surface area contributed by atoms with Crippen LogP contribution in [0.15, 0.2) is 36.4 Å². The lowest BCUT2D eigenvalue weighted by Crippen LogP contribution is -2.46. The van der Waals surface area contributed by atoms with E-state index >= 15 is 0 Å². The summed E-state index contributed by atoms with van der Waals surface area (Å²) in [5.74, 6) is -1.70. The predicted molar refractivity (Wildman–Crippen MR) is 96.3 cm³/mol. The second kappa shape index (κ2) is 8.14. The van der Waals surface area contributed by atoms with Crippen LogP contribution < -0.4 is 4.90 Å². The van der Waals surface area contributed by atoms with Crippen molar-refractivity contribution in [3.63, 3.8) is 0 Å². The first-order valence-corrected chi connectivity index (χ1v) is 8.55. The van der Waals surface area contributed by atoms with E-state index in [1.54, 1.807) is 18.2 Å². The lowest BCUT2D eigenvalue weighted by atomic mass is 10.1. The van der Waals surface area contributed by atoms with Crippen LogP contribution in [0.5, 0.6) is 0 Å². The van der Waals surface area contributed by atoms with Gasteiger partial charge < -0.3 is 9.64 Å². The molecule has 0 aliphatic carbocycles. The molecule has 0 radical (unpaired) electrons. The van der Waals surface area contributed by atoms with Gasteiger partial charge in [0.05, 0.1) is 30.0 Å². The van der Waals surface area contributed by atoms with Gasteiger partial charge in [-0.1, -0.05) is 6.07 Å². The molecule has 0 saturated carbocycles. The second-order valence-electron chi connectivity index (χ2n) is 6.35. The molecule has 1 heterocycles. The van der Waals surface area contributed by atoms with Gasteiger partial charge in [0.25, 0.3) is 0 Å². The van der Waals surface area contributed by atoms with Crippen LogP contribution >= 0.6 is 0 Å². The molecule has 1 saturated heterocycles. The van der Waals surface area contributed by atoms with Crippen LogP contribution in [0.2, 0.25) is 0 Å². The maximum atomic E-state index is 14.2. The summed E-state index contributed by atoms with van der Waals surface area (Å²) in [6, 6.07) is 10.9. The number of nitriles is 1. The number of nitrogens with zero attached hydrogens (tertiary/aromatic N) is 3. The Morgan fingerprint density at radius 3 is 2.44 bits per heavy atom. The molecule has 0 bridgehead atoms. The Bertz CT molecular complexity index is 887.